The molecule has 61 heavy (non-hydrogen) atoms. The number of hydrogen-bond acceptors (Lipinski definition) is 12. The van der Waals surface area contributed by atoms with Crippen LogP contribution in [0.4, 0.5) is 17.3 Å². The summed E-state index contributed by atoms with van der Waals surface area (Å²) < 4.78 is 6.96. The van der Waals surface area contributed by atoms with Gasteiger partial charge in [0.25, 0.3) is 11.9 Å². The number of carbonyl (C=O) groups excluding carboxylic acids is 1. The van der Waals surface area contributed by atoms with E-state index >= 15 is 0 Å². The number of nitrogens with zero attached hydrogens (tertiary/aromatic N) is 6. The highest BCUT2D eigenvalue weighted by Crippen LogP contribution is 2.23. The molecule has 1 aliphatic heterocycles. The molecule has 3 aromatic carbocycles. The number of ether oxygens (including phenoxy) is 1. The zero-order valence-corrected chi connectivity index (χ0v) is 36.7. The molecule has 0 aliphatic carbocycles. The highest BCUT2D eigenvalue weighted by Gasteiger charge is 2.23. The van der Waals surface area contributed by atoms with Crippen LogP contribution >= 0.6 is 0 Å². The average molecular weight is 832 g/mol. The zero-order valence-electron chi connectivity index (χ0n) is 36.7. The summed E-state index contributed by atoms with van der Waals surface area (Å²) >= 11 is 0. The van der Waals surface area contributed by atoms with Crippen molar-refractivity contribution in [2.75, 3.05) is 29.1 Å². The van der Waals surface area contributed by atoms with Gasteiger partial charge in [0.1, 0.15) is 11.4 Å². The van der Waals surface area contributed by atoms with Crippen LogP contribution in [-0.4, -0.2) is 60.4 Å². The van der Waals surface area contributed by atoms with E-state index in [-0.39, 0.29) is 17.4 Å². The van der Waals surface area contributed by atoms with Crippen LogP contribution in [0.5, 0.6) is 5.88 Å². The molecule has 3 aromatic heterocycles. The van der Waals surface area contributed by atoms with Crippen molar-refractivity contribution in [2.24, 2.45) is 19.1 Å². The van der Waals surface area contributed by atoms with Crippen molar-refractivity contribution in [1.82, 2.24) is 24.1 Å². The average Bonchev–Trinajstić information content (AvgIpc) is 3.78. The number of rotatable bonds is 11. The van der Waals surface area contributed by atoms with E-state index < -0.39 is 17.6 Å². The van der Waals surface area contributed by atoms with Gasteiger partial charge in [0.15, 0.2) is 5.82 Å². The molecule has 0 saturated carbocycles. The number of hydrogen-bond donors (Lipinski definition) is 4. The SMILES string of the molecule is CCC(=NCc1ccc(C)cc1)c1c(O)n(C)c(=O)n(C)c1=O.CCCNc1nc2cc(C)c(C)cc2cc1C.CCOC(=O)c1ccc(NC2Nc3cc(C)nn3O2)cc1. The summed E-state index contributed by atoms with van der Waals surface area (Å²) in [7, 11) is 2.81. The van der Waals surface area contributed by atoms with E-state index in [1.54, 1.807) is 31.2 Å². The van der Waals surface area contributed by atoms with E-state index in [1.807, 2.05) is 51.1 Å². The van der Waals surface area contributed by atoms with Crippen LogP contribution in [0.1, 0.15) is 83.0 Å². The van der Waals surface area contributed by atoms with Gasteiger partial charge >= 0.3 is 11.7 Å². The Hall–Kier alpha value is -6.90. The Morgan fingerprint density at radius 3 is 2.21 bits per heavy atom. The summed E-state index contributed by atoms with van der Waals surface area (Å²) in [6, 6.07) is 23.4. The molecular formula is C46H57N9O6. The number of aromatic nitrogens is 5. The van der Waals surface area contributed by atoms with E-state index in [4.69, 9.17) is 14.6 Å². The molecule has 1 unspecified atom stereocenters. The molecule has 322 valence electrons. The number of pyridine rings is 1. The lowest BCUT2D eigenvalue weighted by Gasteiger charge is -2.13. The van der Waals surface area contributed by atoms with Crippen LogP contribution < -0.4 is 32.0 Å². The van der Waals surface area contributed by atoms with E-state index in [1.165, 1.54) is 41.0 Å². The molecule has 15 nitrogen and oxygen atoms in total. The standard InChI is InChI=1S/C17H21N3O3.C15H20N2.C14H16N4O3/c1-5-13(18-10-12-8-6-11(2)7-9-12)14-15(21)19(3)17(23)20(4)16(14)22;1-5-6-16-15-12(4)8-13-7-10(2)11(3)9-14(13)17-15;1-3-20-13(19)10-4-6-11(7-5-10)15-14-16-12-8-9(2)17-18(12)21-14/h6-9,21H,5,10H2,1-4H3;7-9H,5-6H2,1-4H3,(H,16,17);4-8,14-16H,3H2,1-2H3. The normalized spacial score (nSPS) is 12.9. The van der Waals surface area contributed by atoms with E-state index in [9.17, 15) is 19.5 Å². The van der Waals surface area contributed by atoms with Crippen LogP contribution in [0, 0.1) is 34.6 Å². The summed E-state index contributed by atoms with van der Waals surface area (Å²) in [6.45, 7) is 17.9. The number of aryl methyl sites for hydroxylation is 5. The molecule has 0 bridgehead atoms. The maximum absolute atomic E-state index is 12.3. The monoisotopic (exact) mass is 831 g/mol. The topological polar surface area (TPSA) is 179 Å². The van der Waals surface area contributed by atoms with Gasteiger partial charge in [0.05, 0.1) is 35.6 Å². The predicted molar refractivity (Wildman–Crippen MR) is 242 cm³/mol. The first-order valence-electron chi connectivity index (χ1n) is 20.4. The van der Waals surface area contributed by atoms with Gasteiger partial charge in [-0.2, -0.15) is 0 Å². The van der Waals surface area contributed by atoms with Crippen molar-refractivity contribution in [3.63, 3.8) is 0 Å². The van der Waals surface area contributed by atoms with Gasteiger partial charge in [0.2, 0.25) is 5.88 Å². The Morgan fingerprint density at radius 2 is 1.57 bits per heavy atom. The number of nitrogens with one attached hydrogen (secondary N) is 3. The fraction of sp³-hybridized carbons (Fsp3) is 0.348. The van der Waals surface area contributed by atoms with E-state index in [0.29, 0.717) is 30.8 Å². The molecule has 4 N–H and O–H groups in total. The number of fused-ring (bicyclic) bond motifs is 2. The highest BCUT2D eigenvalue weighted by molar-refractivity contribution is 6.01. The summed E-state index contributed by atoms with van der Waals surface area (Å²) in [6.07, 6.45) is 1.19. The van der Waals surface area contributed by atoms with Gasteiger partial charge in [0, 0.05) is 37.8 Å². The molecule has 0 radical (unpaired) electrons. The van der Waals surface area contributed by atoms with Gasteiger partial charge in [-0.05, 0) is 119 Å². The van der Waals surface area contributed by atoms with Gasteiger partial charge < -0.3 is 30.6 Å². The molecule has 7 rings (SSSR count). The maximum atomic E-state index is 12.3. The Labute approximate surface area is 356 Å². The summed E-state index contributed by atoms with van der Waals surface area (Å²) in [5, 5.41) is 25.2. The third-order valence-corrected chi connectivity index (χ3v) is 9.97. The minimum absolute atomic E-state index is 0.0872. The van der Waals surface area contributed by atoms with E-state index in [0.717, 1.165) is 61.8 Å². The van der Waals surface area contributed by atoms with Crippen LogP contribution in [0.25, 0.3) is 10.9 Å². The van der Waals surface area contributed by atoms with Crippen LogP contribution in [-0.2, 0) is 25.4 Å². The second-order valence-corrected chi connectivity index (χ2v) is 14.8. The molecule has 0 spiro atoms. The molecule has 0 amide bonds. The lowest BCUT2D eigenvalue weighted by molar-refractivity contribution is 0.0526. The third kappa shape index (κ3) is 11.2. The van der Waals surface area contributed by atoms with Crippen molar-refractivity contribution in [1.29, 1.82) is 0 Å². The summed E-state index contributed by atoms with van der Waals surface area (Å²) in [5.41, 5.74) is 8.81. The number of benzene rings is 3. The fourth-order valence-corrected chi connectivity index (χ4v) is 6.35. The molecular weight excluding hydrogens is 775 g/mol. The lowest BCUT2D eigenvalue weighted by Crippen LogP contribution is -2.40. The largest absolute Gasteiger partial charge is 0.494 e. The number of aromatic hydroxyl groups is 1. The second kappa shape index (κ2) is 20.4. The van der Waals surface area contributed by atoms with Crippen molar-refractivity contribution >= 4 is 39.9 Å². The molecule has 4 heterocycles. The first-order valence-corrected chi connectivity index (χ1v) is 20.4. The van der Waals surface area contributed by atoms with Crippen molar-refractivity contribution in [2.45, 2.75) is 81.1 Å². The number of anilines is 3. The molecule has 6 aromatic rings. The van der Waals surface area contributed by atoms with Crippen molar-refractivity contribution < 1.29 is 19.5 Å². The minimum Gasteiger partial charge on any atom is -0.494 e. The smallest absolute Gasteiger partial charge is 0.338 e. The Bertz CT molecular complexity index is 2600. The maximum Gasteiger partial charge on any atom is 0.338 e. The molecule has 15 heteroatoms. The summed E-state index contributed by atoms with van der Waals surface area (Å²) in [5.74, 6) is 1.15. The lowest BCUT2D eigenvalue weighted by atomic mass is 10.1. The number of carbonyl (C=O) groups is 1. The second-order valence-electron chi connectivity index (χ2n) is 14.8. The Balaban J connectivity index is 0.000000175. The minimum atomic E-state index is -0.565. The Kier molecular flexibility index (Phi) is 15.1. The summed E-state index contributed by atoms with van der Waals surface area (Å²) in [4.78, 5) is 51.9. The first-order chi connectivity index (χ1) is 29.1. The van der Waals surface area contributed by atoms with Crippen LogP contribution in [0.3, 0.4) is 0 Å². The highest BCUT2D eigenvalue weighted by atomic mass is 16.7. The molecule has 1 aliphatic rings. The number of esters is 1. The van der Waals surface area contributed by atoms with Crippen LogP contribution in [0.2, 0.25) is 0 Å². The van der Waals surface area contributed by atoms with Gasteiger partial charge in [-0.3, -0.25) is 18.9 Å². The van der Waals surface area contributed by atoms with Crippen molar-refractivity contribution in [3.8, 4) is 5.88 Å². The Morgan fingerprint density at radius 1 is 0.902 bits per heavy atom. The van der Waals surface area contributed by atoms with Crippen molar-refractivity contribution in [3.05, 3.63) is 138 Å². The van der Waals surface area contributed by atoms with Gasteiger partial charge in [-0.1, -0.05) is 48.5 Å². The quantitative estimate of drug-likeness (QED) is 0.0774. The third-order valence-electron chi connectivity index (χ3n) is 9.97. The first kappa shape index (κ1) is 45.2. The molecule has 0 saturated heterocycles. The zero-order chi connectivity index (χ0) is 44.4. The van der Waals surface area contributed by atoms with Gasteiger partial charge in [-0.15, -0.1) is 5.10 Å². The molecule has 0 fully saturated rings. The predicted octanol–water partition coefficient (Wildman–Crippen LogP) is 7.10. The fourth-order valence-electron chi connectivity index (χ4n) is 6.35. The van der Waals surface area contributed by atoms with Crippen LogP contribution in [0.15, 0.2) is 87.4 Å². The van der Waals surface area contributed by atoms with Gasteiger partial charge in [-0.25, -0.2) is 14.6 Å². The molecule has 1 atom stereocenters. The number of aliphatic imine (C=N–C) groups is 1. The van der Waals surface area contributed by atoms with E-state index in [2.05, 4.69) is 71.9 Å².